The number of rotatable bonds is 12. The van der Waals surface area contributed by atoms with Crippen molar-refractivity contribution in [2.45, 2.75) is 58.7 Å². The largest absolute Gasteiger partial charge is 0.382 e. The van der Waals surface area contributed by atoms with E-state index in [2.05, 4.69) is 61.4 Å². The maximum atomic E-state index is 6.29. The fourth-order valence-electron chi connectivity index (χ4n) is 4.73. The monoisotopic (exact) mass is 489 g/mol. The summed E-state index contributed by atoms with van der Waals surface area (Å²) >= 11 is 0. The van der Waals surface area contributed by atoms with Crippen LogP contribution in [-0.4, -0.2) is 33.1 Å². The van der Waals surface area contributed by atoms with Gasteiger partial charge in [-0.2, -0.15) is 5.10 Å². The Bertz CT molecular complexity index is 1250. The number of aryl methyl sites for hydroxylation is 1. The lowest BCUT2D eigenvalue weighted by Gasteiger charge is -2.13. The van der Waals surface area contributed by atoms with E-state index >= 15 is 0 Å². The summed E-state index contributed by atoms with van der Waals surface area (Å²) in [6.07, 6.45) is 6.18. The number of pyridine rings is 1. The van der Waals surface area contributed by atoms with Crippen molar-refractivity contribution in [2.24, 2.45) is 13.0 Å². The molecule has 186 valence electrons. The standard InChI is InChI=1S/C29H40N5P/c1-20(2)8-7-17-35-21(3)15-16-31-19-23-13-11-22(12-14-23)18-26-27-24-9-5-6-10-25(24)32-29(30)28(27)34(4)33-26/h5-6,9-14,20-21,31,35H,7-8,15-19H2,1-4H3,(H2,30,32). The highest BCUT2D eigenvalue weighted by Crippen LogP contribution is 2.31. The van der Waals surface area contributed by atoms with E-state index in [0.717, 1.165) is 67.2 Å². The number of nitrogen functional groups attached to an aromatic ring is 1. The number of nitrogens with two attached hydrogens (primary N) is 1. The van der Waals surface area contributed by atoms with E-state index in [-0.39, 0.29) is 0 Å². The average molecular weight is 490 g/mol. The summed E-state index contributed by atoms with van der Waals surface area (Å²) in [4.78, 5) is 4.58. The second-order valence-electron chi connectivity index (χ2n) is 10.2. The molecule has 2 atom stereocenters. The van der Waals surface area contributed by atoms with Gasteiger partial charge in [0.2, 0.25) is 0 Å². The second kappa shape index (κ2) is 12.0. The van der Waals surface area contributed by atoms with E-state index in [4.69, 9.17) is 10.8 Å². The van der Waals surface area contributed by atoms with Gasteiger partial charge in [-0.05, 0) is 54.3 Å². The van der Waals surface area contributed by atoms with Crippen molar-refractivity contribution >= 4 is 36.2 Å². The molecule has 3 N–H and O–H groups in total. The number of aromatic nitrogens is 3. The molecule has 6 heteroatoms. The quantitative estimate of drug-likeness (QED) is 0.182. The van der Waals surface area contributed by atoms with Crippen LogP contribution in [0.3, 0.4) is 0 Å². The van der Waals surface area contributed by atoms with Crippen molar-refractivity contribution in [1.82, 2.24) is 20.1 Å². The van der Waals surface area contributed by atoms with Crippen LogP contribution in [0, 0.1) is 5.92 Å². The molecule has 2 unspecified atom stereocenters. The van der Waals surface area contributed by atoms with Crippen LogP contribution in [-0.2, 0) is 20.0 Å². The van der Waals surface area contributed by atoms with Gasteiger partial charge in [0.15, 0.2) is 0 Å². The van der Waals surface area contributed by atoms with Gasteiger partial charge in [-0.25, -0.2) is 4.98 Å². The Hall–Kier alpha value is -2.49. The van der Waals surface area contributed by atoms with Gasteiger partial charge in [-0.3, -0.25) is 4.68 Å². The maximum absolute atomic E-state index is 6.29. The molecule has 2 aromatic heterocycles. The summed E-state index contributed by atoms with van der Waals surface area (Å²) in [7, 11) is 3.04. The minimum Gasteiger partial charge on any atom is -0.382 e. The van der Waals surface area contributed by atoms with Crippen LogP contribution in [0.15, 0.2) is 48.5 Å². The highest BCUT2D eigenvalue weighted by molar-refractivity contribution is 7.38. The van der Waals surface area contributed by atoms with E-state index in [1.54, 1.807) is 0 Å². The first-order valence-electron chi connectivity index (χ1n) is 12.9. The molecule has 0 saturated heterocycles. The zero-order valence-corrected chi connectivity index (χ0v) is 22.6. The Kier molecular flexibility index (Phi) is 8.75. The van der Waals surface area contributed by atoms with Crippen molar-refractivity contribution in [1.29, 1.82) is 0 Å². The molecule has 0 fully saturated rings. The third-order valence-corrected chi connectivity index (χ3v) is 8.33. The lowest BCUT2D eigenvalue weighted by molar-refractivity contribution is 0.577. The topological polar surface area (TPSA) is 68.8 Å². The summed E-state index contributed by atoms with van der Waals surface area (Å²) in [5.41, 5.74) is 12.6. The summed E-state index contributed by atoms with van der Waals surface area (Å²) in [6, 6.07) is 17.1. The first-order chi connectivity index (χ1) is 16.9. The Morgan fingerprint density at radius 1 is 1.00 bits per heavy atom. The minimum atomic E-state index is 0.534. The smallest absolute Gasteiger partial charge is 0.150 e. The van der Waals surface area contributed by atoms with E-state index in [1.807, 2.05) is 29.9 Å². The van der Waals surface area contributed by atoms with Crippen molar-refractivity contribution in [2.75, 3.05) is 18.4 Å². The van der Waals surface area contributed by atoms with Crippen LogP contribution in [0.4, 0.5) is 5.82 Å². The lowest BCUT2D eigenvalue weighted by atomic mass is 10.0. The van der Waals surface area contributed by atoms with Gasteiger partial charge in [0.25, 0.3) is 0 Å². The molecular formula is C29H40N5P. The molecule has 0 saturated carbocycles. The van der Waals surface area contributed by atoms with Gasteiger partial charge < -0.3 is 11.1 Å². The number of anilines is 1. The van der Waals surface area contributed by atoms with Crippen LogP contribution in [0.2, 0.25) is 0 Å². The fraction of sp³-hybridized carbons (Fsp3) is 0.448. The maximum Gasteiger partial charge on any atom is 0.150 e. The number of hydrogen-bond donors (Lipinski definition) is 2. The normalized spacial score (nSPS) is 13.1. The van der Waals surface area contributed by atoms with Crippen LogP contribution in [0.1, 0.15) is 56.9 Å². The number of benzene rings is 2. The molecule has 35 heavy (non-hydrogen) atoms. The predicted octanol–water partition coefficient (Wildman–Crippen LogP) is 6.28. The molecule has 0 radical (unpaired) electrons. The average Bonchev–Trinajstić information content (AvgIpc) is 3.17. The molecule has 0 bridgehead atoms. The molecule has 0 aliphatic rings. The molecular weight excluding hydrogens is 449 g/mol. The minimum absolute atomic E-state index is 0.534. The molecule has 2 aromatic carbocycles. The summed E-state index contributed by atoms with van der Waals surface area (Å²) in [5.74, 6) is 1.37. The highest BCUT2D eigenvalue weighted by atomic mass is 31.1. The lowest BCUT2D eigenvalue weighted by Crippen LogP contribution is -2.17. The van der Waals surface area contributed by atoms with E-state index in [9.17, 15) is 0 Å². The van der Waals surface area contributed by atoms with Crippen molar-refractivity contribution in [3.05, 3.63) is 65.4 Å². The van der Waals surface area contributed by atoms with Gasteiger partial charge in [0.05, 0.1) is 11.2 Å². The van der Waals surface area contributed by atoms with Crippen LogP contribution < -0.4 is 11.1 Å². The SMILES string of the molecule is CC(C)CCCPC(C)CCNCc1ccc(Cc2nn(C)c3c(N)nc4ccccc4c23)cc1. The zero-order valence-electron chi connectivity index (χ0n) is 21.6. The Balaban J connectivity index is 1.32. The summed E-state index contributed by atoms with van der Waals surface area (Å²) in [5, 5.41) is 10.7. The van der Waals surface area contributed by atoms with Crippen molar-refractivity contribution in [3.8, 4) is 0 Å². The number of nitrogens with zero attached hydrogens (tertiary/aromatic N) is 3. The van der Waals surface area contributed by atoms with Crippen LogP contribution >= 0.6 is 8.58 Å². The van der Waals surface area contributed by atoms with Crippen LogP contribution in [0.25, 0.3) is 21.8 Å². The molecule has 5 nitrogen and oxygen atoms in total. The zero-order chi connectivity index (χ0) is 24.8. The highest BCUT2D eigenvalue weighted by Gasteiger charge is 2.16. The number of hydrogen-bond acceptors (Lipinski definition) is 4. The van der Waals surface area contributed by atoms with Gasteiger partial charge in [-0.1, -0.05) is 69.7 Å². The summed E-state index contributed by atoms with van der Waals surface area (Å²) < 4.78 is 1.86. The first-order valence-corrected chi connectivity index (χ1v) is 14.2. The summed E-state index contributed by atoms with van der Waals surface area (Å²) in [6.45, 7) is 9.04. The van der Waals surface area contributed by atoms with E-state index in [1.165, 1.54) is 36.6 Å². The molecule has 0 aliphatic heterocycles. The van der Waals surface area contributed by atoms with E-state index < -0.39 is 0 Å². The Morgan fingerprint density at radius 3 is 2.51 bits per heavy atom. The number of fused-ring (bicyclic) bond motifs is 3. The van der Waals surface area contributed by atoms with Crippen LogP contribution in [0.5, 0.6) is 0 Å². The predicted molar refractivity (Wildman–Crippen MR) is 153 cm³/mol. The third-order valence-electron chi connectivity index (χ3n) is 6.71. The third kappa shape index (κ3) is 6.59. The van der Waals surface area contributed by atoms with Gasteiger partial charge >= 0.3 is 0 Å². The molecule has 4 aromatic rings. The fourth-order valence-corrected chi connectivity index (χ4v) is 5.98. The molecule has 0 aliphatic carbocycles. The molecule has 2 heterocycles. The Morgan fingerprint density at radius 2 is 1.74 bits per heavy atom. The van der Waals surface area contributed by atoms with Gasteiger partial charge in [0, 0.05) is 30.8 Å². The van der Waals surface area contributed by atoms with Gasteiger partial charge in [-0.15, -0.1) is 8.58 Å². The number of para-hydroxylation sites is 1. The number of nitrogens with one attached hydrogen (secondary N) is 1. The van der Waals surface area contributed by atoms with Gasteiger partial charge in [0.1, 0.15) is 11.3 Å². The molecule has 0 spiro atoms. The second-order valence-corrected chi connectivity index (χ2v) is 12.1. The van der Waals surface area contributed by atoms with Crippen molar-refractivity contribution < 1.29 is 0 Å². The Labute approximate surface area is 211 Å². The molecule has 4 rings (SSSR count). The molecule has 0 amide bonds. The first kappa shape index (κ1) is 25.6. The van der Waals surface area contributed by atoms with E-state index in [0.29, 0.717) is 5.82 Å². The van der Waals surface area contributed by atoms with Crippen molar-refractivity contribution in [3.63, 3.8) is 0 Å².